The summed E-state index contributed by atoms with van der Waals surface area (Å²) in [6.07, 6.45) is 0. The van der Waals surface area contributed by atoms with Crippen LogP contribution < -0.4 is 10.2 Å². The number of halogens is 1. The van der Waals surface area contributed by atoms with E-state index in [1.807, 2.05) is 36.4 Å². The lowest BCUT2D eigenvalue weighted by molar-refractivity contribution is 0.122. The standard InChI is InChI=1S/C18H18BrN5O/c19-16-4-2-1-3-15(16)17-21-18(23-22-17)20-13-5-7-14(8-6-13)24-9-11-25-12-10-24/h1-8H,9-12H2,(H2,20,21,22,23). The van der Waals surface area contributed by atoms with Gasteiger partial charge in [0.2, 0.25) is 5.95 Å². The minimum absolute atomic E-state index is 0.546. The molecule has 128 valence electrons. The van der Waals surface area contributed by atoms with Crippen molar-refractivity contribution in [1.29, 1.82) is 0 Å². The second-order valence-electron chi connectivity index (χ2n) is 5.76. The Morgan fingerprint density at radius 2 is 1.80 bits per heavy atom. The monoisotopic (exact) mass is 399 g/mol. The van der Waals surface area contributed by atoms with E-state index in [0.717, 1.165) is 47.9 Å². The van der Waals surface area contributed by atoms with Crippen molar-refractivity contribution in [2.45, 2.75) is 0 Å². The van der Waals surface area contributed by atoms with E-state index in [0.29, 0.717) is 5.95 Å². The quantitative estimate of drug-likeness (QED) is 0.697. The molecular formula is C18H18BrN5O. The van der Waals surface area contributed by atoms with Crippen LogP contribution in [-0.4, -0.2) is 41.5 Å². The van der Waals surface area contributed by atoms with Gasteiger partial charge in [-0.1, -0.05) is 34.1 Å². The normalized spacial score (nSPS) is 14.5. The Morgan fingerprint density at radius 1 is 1.04 bits per heavy atom. The summed E-state index contributed by atoms with van der Waals surface area (Å²) in [5.41, 5.74) is 3.14. The number of nitrogens with zero attached hydrogens (tertiary/aromatic N) is 3. The summed E-state index contributed by atoms with van der Waals surface area (Å²) in [7, 11) is 0. The Labute approximate surface area is 154 Å². The third-order valence-corrected chi connectivity index (χ3v) is 4.81. The highest BCUT2D eigenvalue weighted by molar-refractivity contribution is 9.10. The van der Waals surface area contributed by atoms with E-state index in [1.165, 1.54) is 5.69 Å². The number of hydrogen-bond acceptors (Lipinski definition) is 5. The van der Waals surface area contributed by atoms with Crippen molar-refractivity contribution >= 4 is 33.3 Å². The predicted octanol–water partition coefficient (Wildman–Crippen LogP) is 3.81. The first-order valence-corrected chi connectivity index (χ1v) is 8.96. The van der Waals surface area contributed by atoms with Gasteiger partial charge in [0, 0.05) is 34.5 Å². The molecule has 25 heavy (non-hydrogen) atoms. The number of hydrogen-bond donors (Lipinski definition) is 2. The molecule has 0 unspecified atom stereocenters. The van der Waals surface area contributed by atoms with Gasteiger partial charge < -0.3 is 15.0 Å². The number of benzene rings is 2. The van der Waals surface area contributed by atoms with Gasteiger partial charge in [-0.2, -0.15) is 4.98 Å². The molecule has 4 rings (SSSR count). The van der Waals surface area contributed by atoms with Crippen molar-refractivity contribution in [3.05, 3.63) is 53.0 Å². The molecule has 0 atom stereocenters. The number of nitrogens with one attached hydrogen (secondary N) is 2. The predicted molar refractivity (Wildman–Crippen MR) is 102 cm³/mol. The number of morpholine rings is 1. The number of ether oxygens (including phenoxy) is 1. The Bertz CT molecular complexity index is 843. The maximum Gasteiger partial charge on any atom is 0.246 e. The largest absolute Gasteiger partial charge is 0.378 e. The molecule has 2 heterocycles. The molecule has 6 nitrogen and oxygen atoms in total. The summed E-state index contributed by atoms with van der Waals surface area (Å²) in [4.78, 5) is 6.84. The van der Waals surface area contributed by atoms with Crippen molar-refractivity contribution < 1.29 is 4.74 Å². The van der Waals surface area contributed by atoms with Crippen molar-refractivity contribution in [3.63, 3.8) is 0 Å². The van der Waals surface area contributed by atoms with Gasteiger partial charge >= 0.3 is 0 Å². The Hall–Kier alpha value is -2.38. The molecule has 3 aromatic rings. The van der Waals surface area contributed by atoms with E-state index in [4.69, 9.17) is 4.74 Å². The van der Waals surface area contributed by atoms with Gasteiger partial charge in [0.05, 0.1) is 13.2 Å². The molecule has 7 heteroatoms. The zero-order valence-corrected chi connectivity index (χ0v) is 15.2. The molecule has 0 saturated carbocycles. The van der Waals surface area contributed by atoms with Gasteiger partial charge in [-0.15, -0.1) is 5.10 Å². The molecule has 0 aliphatic carbocycles. The Balaban J connectivity index is 1.46. The zero-order chi connectivity index (χ0) is 17.1. The van der Waals surface area contributed by atoms with Crippen LogP contribution in [0.5, 0.6) is 0 Å². The molecule has 0 bridgehead atoms. The van der Waals surface area contributed by atoms with Crippen LogP contribution in [0.1, 0.15) is 0 Å². The summed E-state index contributed by atoms with van der Waals surface area (Å²) in [6, 6.07) is 16.2. The molecule has 0 spiro atoms. The third kappa shape index (κ3) is 3.67. The van der Waals surface area contributed by atoms with Crippen LogP contribution >= 0.6 is 15.9 Å². The molecule has 1 aliphatic heterocycles. The summed E-state index contributed by atoms with van der Waals surface area (Å²) in [5.74, 6) is 1.27. The van der Waals surface area contributed by atoms with Crippen LogP contribution in [0, 0.1) is 0 Å². The van der Waals surface area contributed by atoms with Gasteiger partial charge in [0.15, 0.2) is 5.82 Å². The molecule has 1 aromatic heterocycles. The highest BCUT2D eigenvalue weighted by atomic mass is 79.9. The number of aromatic nitrogens is 3. The van der Waals surface area contributed by atoms with Crippen molar-refractivity contribution in [3.8, 4) is 11.4 Å². The van der Waals surface area contributed by atoms with Gasteiger partial charge in [-0.25, -0.2) is 0 Å². The van der Waals surface area contributed by atoms with Gasteiger partial charge in [0.1, 0.15) is 0 Å². The van der Waals surface area contributed by atoms with E-state index >= 15 is 0 Å². The summed E-state index contributed by atoms with van der Waals surface area (Å²) < 4.78 is 6.37. The minimum atomic E-state index is 0.546. The summed E-state index contributed by atoms with van der Waals surface area (Å²) in [6.45, 7) is 3.44. The van der Waals surface area contributed by atoms with Crippen molar-refractivity contribution in [2.75, 3.05) is 36.5 Å². The number of anilines is 3. The highest BCUT2D eigenvalue weighted by Crippen LogP contribution is 2.26. The van der Waals surface area contributed by atoms with Crippen molar-refractivity contribution in [1.82, 2.24) is 15.2 Å². The minimum Gasteiger partial charge on any atom is -0.378 e. The van der Waals surface area contributed by atoms with Crippen LogP contribution in [0.2, 0.25) is 0 Å². The van der Waals surface area contributed by atoms with Crippen molar-refractivity contribution in [2.24, 2.45) is 0 Å². The summed E-state index contributed by atoms with van der Waals surface area (Å²) >= 11 is 3.53. The molecule has 1 fully saturated rings. The lowest BCUT2D eigenvalue weighted by Gasteiger charge is -2.28. The summed E-state index contributed by atoms with van der Waals surface area (Å²) in [5, 5.41) is 10.4. The maximum atomic E-state index is 5.39. The average Bonchev–Trinajstić information content (AvgIpc) is 3.12. The Morgan fingerprint density at radius 3 is 2.56 bits per heavy atom. The fourth-order valence-electron chi connectivity index (χ4n) is 2.80. The molecule has 0 radical (unpaired) electrons. The second kappa shape index (κ2) is 7.25. The zero-order valence-electron chi connectivity index (χ0n) is 13.6. The first-order valence-electron chi connectivity index (χ1n) is 8.17. The topological polar surface area (TPSA) is 66.1 Å². The first kappa shape index (κ1) is 16.1. The molecular weight excluding hydrogens is 382 g/mol. The molecule has 0 amide bonds. The van der Waals surface area contributed by atoms with E-state index in [9.17, 15) is 0 Å². The second-order valence-corrected chi connectivity index (χ2v) is 6.61. The van der Waals surface area contributed by atoms with Crippen LogP contribution in [0.25, 0.3) is 11.4 Å². The lowest BCUT2D eigenvalue weighted by atomic mass is 10.2. The number of rotatable bonds is 4. The van der Waals surface area contributed by atoms with Gasteiger partial charge in [-0.05, 0) is 30.3 Å². The smallest absolute Gasteiger partial charge is 0.246 e. The Kier molecular flexibility index (Phi) is 4.67. The van der Waals surface area contributed by atoms with Crippen LogP contribution in [-0.2, 0) is 4.74 Å². The maximum absolute atomic E-state index is 5.39. The SMILES string of the molecule is Brc1ccccc1-c1nc(Nc2ccc(N3CCOCC3)cc2)n[nH]1. The van der Waals surface area contributed by atoms with E-state index in [1.54, 1.807) is 0 Å². The molecule has 2 N–H and O–H groups in total. The van der Waals surface area contributed by atoms with E-state index in [-0.39, 0.29) is 0 Å². The van der Waals surface area contributed by atoms with Crippen LogP contribution in [0.3, 0.4) is 0 Å². The fraction of sp³-hybridized carbons (Fsp3) is 0.222. The van der Waals surface area contributed by atoms with Crippen LogP contribution in [0.4, 0.5) is 17.3 Å². The third-order valence-electron chi connectivity index (χ3n) is 4.11. The molecule has 1 saturated heterocycles. The highest BCUT2D eigenvalue weighted by Gasteiger charge is 2.12. The average molecular weight is 400 g/mol. The lowest BCUT2D eigenvalue weighted by Crippen LogP contribution is -2.36. The fourth-order valence-corrected chi connectivity index (χ4v) is 3.27. The van der Waals surface area contributed by atoms with E-state index in [2.05, 4.69) is 53.5 Å². The van der Waals surface area contributed by atoms with Crippen LogP contribution in [0.15, 0.2) is 53.0 Å². The number of H-pyrrole nitrogens is 1. The van der Waals surface area contributed by atoms with E-state index < -0.39 is 0 Å². The molecule has 2 aromatic carbocycles. The van der Waals surface area contributed by atoms with Gasteiger partial charge in [0.25, 0.3) is 0 Å². The number of aromatic amines is 1. The molecule has 1 aliphatic rings. The first-order chi connectivity index (χ1) is 12.3. The van der Waals surface area contributed by atoms with Gasteiger partial charge in [-0.3, -0.25) is 5.10 Å².